The van der Waals surface area contributed by atoms with E-state index in [-0.39, 0.29) is 24.5 Å². The van der Waals surface area contributed by atoms with E-state index >= 15 is 0 Å². The van der Waals surface area contributed by atoms with Crippen molar-refractivity contribution in [2.75, 3.05) is 13.7 Å². The van der Waals surface area contributed by atoms with E-state index in [9.17, 15) is 4.79 Å². The van der Waals surface area contributed by atoms with Crippen LogP contribution in [0.5, 0.6) is 11.5 Å². The average Bonchev–Trinajstić information content (AvgIpc) is 2.34. The minimum absolute atomic E-state index is 0.158. The van der Waals surface area contributed by atoms with Gasteiger partial charge in [0.25, 0.3) is 0 Å². The number of primary amides is 1. The SMILES string of the molecule is COc1ccc([C@H](C)N)c(OCC(C)C(N)=O)c1. The van der Waals surface area contributed by atoms with E-state index in [2.05, 4.69) is 0 Å². The van der Waals surface area contributed by atoms with Gasteiger partial charge in [-0.25, -0.2) is 0 Å². The number of methoxy groups -OCH3 is 1. The van der Waals surface area contributed by atoms with E-state index in [0.29, 0.717) is 11.5 Å². The van der Waals surface area contributed by atoms with Crippen molar-refractivity contribution in [2.24, 2.45) is 17.4 Å². The van der Waals surface area contributed by atoms with Gasteiger partial charge in [-0.15, -0.1) is 0 Å². The van der Waals surface area contributed by atoms with Crippen molar-refractivity contribution in [1.29, 1.82) is 0 Å². The topological polar surface area (TPSA) is 87.6 Å². The first kappa shape index (κ1) is 14.3. The Morgan fingerprint density at radius 1 is 1.39 bits per heavy atom. The van der Waals surface area contributed by atoms with Gasteiger partial charge in [-0.2, -0.15) is 0 Å². The maximum Gasteiger partial charge on any atom is 0.223 e. The number of hydrogen-bond donors (Lipinski definition) is 2. The molecule has 2 atom stereocenters. The molecule has 18 heavy (non-hydrogen) atoms. The predicted octanol–water partition coefficient (Wildman–Crippen LogP) is 1.22. The third kappa shape index (κ3) is 3.63. The number of benzene rings is 1. The van der Waals surface area contributed by atoms with Crippen LogP contribution in [0.1, 0.15) is 25.5 Å². The number of amides is 1. The minimum atomic E-state index is -0.389. The molecule has 0 saturated heterocycles. The molecule has 0 radical (unpaired) electrons. The maximum atomic E-state index is 11.0. The van der Waals surface area contributed by atoms with Gasteiger partial charge >= 0.3 is 0 Å². The fourth-order valence-corrected chi connectivity index (χ4v) is 1.44. The molecule has 0 aromatic heterocycles. The first-order valence-electron chi connectivity index (χ1n) is 5.81. The van der Waals surface area contributed by atoms with Crippen LogP contribution in [0.15, 0.2) is 18.2 Å². The Hall–Kier alpha value is -1.75. The lowest BCUT2D eigenvalue weighted by atomic mass is 10.1. The van der Waals surface area contributed by atoms with Crippen LogP contribution in [0, 0.1) is 5.92 Å². The highest BCUT2D eigenvalue weighted by Gasteiger charge is 2.13. The molecule has 0 aliphatic carbocycles. The summed E-state index contributed by atoms with van der Waals surface area (Å²) in [6.07, 6.45) is 0. The van der Waals surface area contributed by atoms with Crippen LogP contribution in [0.25, 0.3) is 0 Å². The maximum absolute atomic E-state index is 11.0. The van der Waals surface area contributed by atoms with Gasteiger partial charge in [-0.1, -0.05) is 13.0 Å². The summed E-state index contributed by atoms with van der Waals surface area (Å²) in [5.41, 5.74) is 11.9. The van der Waals surface area contributed by atoms with Crippen molar-refractivity contribution in [2.45, 2.75) is 19.9 Å². The van der Waals surface area contributed by atoms with E-state index in [4.69, 9.17) is 20.9 Å². The number of rotatable bonds is 6. The zero-order chi connectivity index (χ0) is 13.7. The first-order valence-corrected chi connectivity index (χ1v) is 5.81. The van der Waals surface area contributed by atoms with E-state index in [1.807, 2.05) is 19.1 Å². The van der Waals surface area contributed by atoms with Crippen molar-refractivity contribution in [3.05, 3.63) is 23.8 Å². The smallest absolute Gasteiger partial charge is 0.223 e. The molecule has 0 heterocycles. The standard InChI is InChI=1S/C13H20N2O3/c1-8(13(15)16)7-18-12-6-10(17-3)4-5-11(12)9(2)14/h4-6,8-9H,7,14H2,1-3H3,(H2,15,16)/t8?,9-/m0/s1. The Kier molecular flexibility index (Phi) is 4.97. The van der Waals surface area contributed by atoms with Crippen molar-refractivity contribution >= 4 is 5.91 Å². The van der Waals surface area contributed by atoms with Crippen LogP contribution in [-0.2, 0) is 4.79 Å². The number of hydrogen-bond acceptors (Lipinski definition) is 4. The molecule has 1 amide bonds. The summed E-state index contributed by atoms with van der Waals surface area (Å²) in [5.74, 6) is 0.566. The van der Waals surface area contributed by atoms with E-state index in [0.717, 1.165) is 5.56 Å². The lowest BCUT2D eigenvalue weighted by Crippen LogP contribution is -2.26. The van der Waals surface area contributed by atoms with E-state index in [1.165, 1.54) is 0 Å². The third-order valence-electron chi connectivity index (χ3n) is 2.69. The van der Waals surface area contributed by atoms with Gasteiger partial charge in [0.05, 0.1) is 19.6 Å². The number of nitrogens with two attached hydrogens (primary N) is 2. The lowest BCUT2D eigenvalue weighted by molar-refractivity contribution is -0.122. The normalized spacial score (nSPS) is 13.8. The Morgan fingerprint density at radius 3 is 2.56 bits per heavy atom. The summed E-state index contributed by atoms with van der Waals surface area (Å²) in [4.78, 5) is 11.0. The fourth-order valence-electron chi connectivity index (χ4n) is 1.44. The Balaban J connectivity index is 2.87. The summed E-state index contributed by atoms with van der Waals surface area (Å²) in [6, 6.07) is 5.28. The molecule has 0 fully saturated rings. The molecule has 4 N–H and O–H groups in total. The largest absolute Gasteiger partial charge is 0.497 e. The highest BCUT2D eigenvalue weighted by Crippen LogP contribution is 2.28. The second-order valence-corrected chi connectivity index (χ2v) is 4.31. The molecule has 0 aliphatic heterocycles. The molecule has 5 heteroatoms. The fraction of sp³-hybridized carbons (Fsp3) is 0.462. The van der Waals surface area contributed by atoms with Crippen LogP contribution in [0.3, 0.4) is 0 Å². The average molecular weight is 252 g/mol. The number of carbonyl (C=O) groups is 1. The van der Waals surface area contributed by atoms with Crippen molar-refractivity contribution < 1.29 is 14.3 Å². The molecule has 0 saturated carbocycles. The molecular formula is C13H20N2O3. The zero-order valence-electron chi connectivity index (χ0n) is 11.0. The van der Waals surface area contributed by atoms with Crippen LogP contribution in [0.2, 0.25) is 0 Å². The van der Waals surface area contributed by atoms with E-state index < -0.39 is 0 Å². The van der Waals surface area contributed by atoms with Gasteiger partial charge in [0, 0.05) is 17.7 Å². The van der Waals surface area contributed by atoms with Gasteiger partial charge in [-0.3, -0.25) is 4.79 Å². The number of ether oxygens (including phenoxy) is 2. The molecule has 1 aromatic carbocycles. The van der Waals surface area contributed by atoms with Gasteiger partial charge in [0.1, 0.15) is 11.5 Å². The van der Waals surface area contributed by atoms with Crippen molar-refractivity contribution in [1.82, 2.24) is 0 Å². The predicted molar refractivity (Wildman–Crippen MR) is 69.4 cm³/mol. The first-order chi connectivity index (χ1) is 8.45. The monoisotopic (exact) mass is 252 g/mol. The van der Waals surface area contributed by atoms with Crippen molar-refractivity contribution in [3.8, 4) is 11.5 Å². The summed E-state index contributed by atoms with van der Waals surface area (Å²) in [5, 5.41) is 0. The highest BCUT2D eigenvalue weighted by atomic mass is 16.5. The molecule has 0 aliphatic rings. The molecule has 100 valence electrons. The summed E-state index contributed by atoms with van der Waals surface area (Å²) >= 11 is 0. The van der Waals surface area contributed by atoms with E-state index in [1.54, 1.807) is 20.1 Å². The Bertz CT molecular complexity index is 419. The lowest BCUT2D eigenvalue weighted by Gasteiger charge is -2.16. The molecule has 0 spiro atoms. The Labute approximate surface area is 107 Å². The van der Waals surface area contributed by atoms with Crippen LogP contribution in [-0.4, -0.2) is 19.6 Å². The number of carbonyl (C=O) groups excluding carboxylic acids is 1. The summed E-state index contributed by atoms with van der Waals surface area (Å²) in [6.45, 7) is 3.81. The molecule has 5 nitrogen and oxygen atoms in total. The second kappa shape index (κ2) is 6.26. The zero-order valence-corrected chi connectivity index (χ0v) is 11.0. The molecule has 1 aromatic rings. The summed E-state index contributed by atoms with van der Waals surface area (Å²) in [7, 11) is 1.58. The highest BCUT2D eigenvalue weighted by molar-refractivity contribution is 5.76. The molecular weight excluding hydrogens is 232 g/mol. The van der Waals surface area contributed by atoms with Crippen molar-refractivity contribution in [3.63, 3.8) is 0 Å². The van der Waals surface area contributed by atoms with Gasteiger partial charge < -0.3 is 20.9 Å². The van der Waals surface area contributed by atoms with Crippen LogP contribution in [0.4, 0.5) is 0 Å². The minimum Gasteiger partial charge on any atom is -0.497 e. The molecule has 0 bridgehead atoms. The summed E-state index contributed by atoms with van der Waals surface area (Å²) < 4.78 is 10.7. The van der Waals surface area contributed by atoms with Gasteiger partial charge in [0.2, 0.25) is 5.91 Å². The van der Waals surface area contributed by atoms with Crippen LogP contribution < -0.4 is 20.9 Å². The Morgan fingerprint density at radius 2 is 2.06 bits per heavy atom. The third-order valence-corrected chi connectivity index (χ3v) is 2.69. The van der Waals surface area contributed by atoms with Gasteiger partial charge in [0.15, 0.2) is 0 Å². The van der Waals surface area contributed by atoms with Crippen LogP contribution >= 0.6 is 0 Å². The quantitative estimate of drug-likeness (QED) is 0.796. The molecule has 1 unspecified atom stereocenters. The second-order valence-electron chi connectivity index (χ2n) is 4.31. The molecule has 1 rings (SSSR count). The van der Waals surface area contributed by atoms with Gasteiger partial charge in [-0.05, 0) is 13.0 Å².